The monoisotopic (exact) mass is 439 g/mol. The van der Waals surface area contributed by atoms with E-state index in [2.05, 4.69) is 147 Å². The molecule has 0 radical (unpaired) electrons. The van der Waals surface area contributed by atoms with Crippen LogP contribution in [0.5, 0.6) is 0 Å². The summed E-state index contributed by atoms with van der Waals surface area (Å²) in [6.45, 7) is 6.37. The lowest BCUT2D eigenvalue weighted by atomic mass is 10.0. The lowest BCUT2D eigenvalue weighted by Gasteiger charge is -2.26. The lowest BCUT2D eigenvalue weighted by Crippen LogP contribution is -2.10. The first-order chi connectivity index (χ1) is 16.6. The maximum atomic E-state index is 2.33. The van der Waals surface area contributed by atoms with Gasteiger partial charge in [-0.15, -0.1) is 0 Å². The van der Waals surface area contributed by atoms with Gasteiger partial charge in [0.15, 0.2) is 0 Å². The van der Waals surface area contributed by atoms with Gasteiger partial charge in [-0.2, -0.15) is 0 Å². The van der Waals surface area contributed by atoms with Gasteiger partial charge >= 0.3 is 0 Å². The maximum Gasteiger partial charge on any atom is 0.0467 e. The van der Waals surface area contributed by atoms with Crippen molar-refractivity contribution < 1.29 is 0 Å². The van der Waals surface area contributed by atoms with Gasteiger partial charge in [0.25, 0.3) is 0 Å². The summed E-state index contributed by atoms with van der Waals surface area (Å²) in [6.07, 6.45) is 0. The molecule has 5 rings (SSSR count). The van der Waals surface area contributed by atoms with Gasteiger partial charge in [-0.25, -0.2) is 0 Å². The molecular weight excluding hydrogens is 410 g/mol. The van der Waals surface area contributed by atoms with Gasteiger partial charge in [0.2, 0.25) is 0 Å². The molecule has 1 nitrogen and oxygen atoms in total. The molecule has 0 aliphatic carbocycles. The van der Waals surface area contributed by atoms with E-state index in [4.69, 9.17) is 0 Å². The summed E-state index contributed by atoms with van der Waals surface area (Å²) in [6, 6.07) is 43.8. The van der Waals surface area contributed by atoms with Gasteiger partial charge in [0.05, 0.1) is 0 Å². The summed E-state index contributed by atoms with van der Waals surface area (Å²) in [7, 11) is 0. The van der Waals surface area contributed by atoms with Crippen LogP contribution >= 0.6 is 0 Å². The first kappa shape index (κ1) is 21.7. The molecule has 0 saturated heterocycles. The summed E-state index contributed by atoms with van der Waals surface area (Å²) in [4.78, 5) is 2.33. The maximum absolute atomic E-state index is 2.33. The minimum atomic E-state index is 1.14. The molecule has 0 saturated carbocycles. The Labute approximate surface area is 203 Å². The molecule has 34 heavy (non-hydrogen) atoms. The molecule has 5 aromatic rings. The van der Waals surface area contributed by atoms with Gasteiger partial charge < -0.3 is 4.90 Å². The molecule has 1 heteroatoms. The fourth-order valence-electron chi connectivity index (χ4n) is 4.26. The van der Waals surface area contributed by atoms with E-state index in [0.29, 0.717) is 0 Å². The number of nitrogens with zero attached hydrogens (tertiary/aromatic N) is 1. The van der Waals surface area contributed by atoms with Crippen molar-refractivity contribution in [2.75, 3.05) is 4.90 Å². The summed E-state index contributed by atoms with van der Waals surface area (Å²) < 4.78 is 0. The first-order valence-electron chi connectivity index (χ1n) is 11.8. The average molecular weight is 440 g/mol. The minimum Gasteiger partial charge on any atom is -0.310 e. The number of rotatable bonds is 5. The number of aryl methyl sites for hydroxylation is 3. The zero-order chi connectivity index (χ0) is 23.5. The Balaban J connectivity index is 1.57. The quantitative estimate of drug-likeness (QED) is 0.263. The normalized spacial score (nSPS) is 10.8. The molecule has 0 amide bonds. The Morgan fingerprint density at radius 3 is 1.24 bits per heavy atom. The minimum absolute atomic E-state index is 1.14. The fraction of sp³-hybridized carbons (Fsp3) is 0.0909. The van der Waals surface area contributed by atoms with Crippen LogP contribution in [0, 0.1) is 20.8 Å². The van der Waals surface area contributed by atoms with E-state index in [1.165, 1.54) is 38.9 Å². The van der Waals surface area contributed by atoms with E-state index in [1.54, 1.807) is 0 Å². The second-order valence-electron chi connectivity index (χ2n) is 9.00. The van der Waals surface area contributed by atoms with Crippen molar-refractivity contribution in [3.05, 3.63) is 138 Å². The van der Waals surface area contributed by atoms with Crippen molar-refractivity contribution in [1.29, 1.82) is 0 Å². The van der Waals surface area contributed by atoms with Crippen LogP contribution < -0.4 is 4.90 Å². The Morgan fingerprint density at radius 1 is 0.353 bits per heavy atom. The van der Waals surface area contributed by atoms with Gasteiger partial charge in [0.1, 0.15) is 0 Å². The highest BCUT2D eigenvalue weighted by Gasteiger charge is 2.13. The third kappa shape index (κ3) is 4.65. The first-order valence-corrected chi connectivity index (χ1v) is 11.8. The number of hydrogen-bond acceptors (Lipinski definition) is 1. The standard InChI is InChI=1S/C33H29N/c1-24-7-13-27(14-8-24)28-17-21-32(22-18-28)34(31-19-11-26(3)12-20-31)33-6-4-5-30(23-33)29-15-9-25(2)10-16-29/h4-23H,1-3H3. The smallest absolute Gasteiger partial charge is 0.0467 e. The zero-order valence-corrected chi connectivity index (χ0v) is 20.0. The highest BCUT2D eigenvalue weighted by molar-refractivity contribution is 5.81. The van der Waals surface area contributed by atoms with Crippen molar-refractivity contribution in [2.24, 2.45) is 0 Å². The Bertz CT molecular complexity index is 1380. The molecule has 0 unspecified atom stereocenters. The van der Waals surface area contributed by atoms with Crippen molar-refractivity contribution in [1.82, 2.24) is 0 Å². The summed E-state index contributed by atoms with van der Waals surface area (Å²) in [5.41, 5.74) is 12.1. The van der Waals surface area contributed by atoms with Crippen LogP contribution in [0.25, 0.3) is 22.3 Å². The number of benzene rings is 5. The molecular formula is C33H29N. The van der Waals surface area contributed by atoms with Gasteiger partial charge in [-0.1, -0.05) is 102 Å². The van der Waals surface area contributed by atoms with E-state index >= 15 is 0 Å². The SMILES string of the molecule is Cc1ccc(-c2ccc(N(c3ccc(C)cc3)c3cccc(-c4ccc(C)cc4)c3)cc2)cc1. The van der Waals surface area contributed by atoms with Crippen LogP contribution in [-0.4, -0.2) is 0 Å². The lowest BCUT2D eigenvalue weighted by molar-refractivity contribution is 1.27. The Morgan fingerprint density at radius 2 is 0.735 bits per heavy atom. The predicted octanol–water partition coefficient (Wildman–Crippen LogP) is 9.42. The summed E-state index contributed by atoms with van der Waals surface area (Å²) in [5, 5.41) is 0. The molecule has 0 spiro atoms. The van der Waals surface area contributed by atoms with Gasteiger partial charge in [0, 0.05) is 17.1 Å². The van der Waals surface area contributed by atoms with Gasteiger partial charge in [-0.05, 0) is 79.4 Å². The zero-order valence-electron chi connectivity index (χ0n) is 20.0. The molecule has 0 bridgehead atoms. The van der Waals surface area contributed by atoms with E-state index in [-0.39, 0.29) is 0 Å². The van der Waals surface area contributed by atoms with Crippen LogP contribution in [0.4, 0.5) is 17.1 Å². The van der Waals surface area contributed by atoms with Crippen LogP contribution in [0.1, 0.15) is 16.7 Å². The molecule has 0 fully saturated rings. The number of anilines is 3. The second kappa shape index (κ2) is 9.41. The topological polar surface area (TPSA) is 3.24 Å². The average Bonchev–Trinajstić information content (AvgIpc) is 2.87. The Kier molecular flexibility index (Phi) is 6.01. The van der Waals surface area contributed by atoms with E-state index < -0.39 is 0 Å². The third-order valence-corrected chi connectivity index (χ3v) is 6.29. The molecule has 0 aromatic heterocycles. The van der Waals surface area contributed by atoms with Crippen molar-refractivity contribution >= 4 is 17.1 Å². The van der Waals surface area contributed by atoms with Crippen LogP contribution in [0.2, 0.25) is 0 Å². The van der Waals surface area contributed by atoms with Crippen molar-refractivity contribution in [2.45, 2.75) is 20.8 Å². The number of hydrogen-bond donors (Lipinski definition) is 0. The van der Waals surface area contributed by atoms with Crippen LogP contribution in [0.3, 0.4) is 0 Å². The summed E-state index contributed by atoms with van der Waals surface area (Å²) >= 11 is 0. The fourth-order valence-corrected chi connectivity index (χ4v) is 4.26. The van der Waals surface area contributed by atoms with Crippen LogP contribution in [0.15, 0.2) is 121 Å². The molecule has 0 heterocycles. The highest BCUT2D eigenvalue weighted by atomic mass is 15.1. The largest absolute Gasteiger partial charge is 0.310 e. The highest BCUT2D eigenvalue weighted by Crippen LogP contribution is 2.37. The molecule has 0 N–H and O–H groups in total. The Hall–Kier alpha value is -4.10. The molecule has 0 atom stereocenters. The van der Waals surface area contributed by atoms with Crippen molar-refractivity contribution in [3.63, 3.8) is 0 Å². The van der Waals surface area contributed by atoms with Crippen LogP contribution in [-0.2, 0) is 0 Å². The molecule has 166 valence electrons. The molecule has 0 aliphatic rings. The molecule has 5 aromatic carbocycles. The van der Waals surface area contributed by atoms with Gasteiger partial charge in [-0.3, -0.25) is 0 Å². The third-order valence-electron chi connectivity index (χ3n) is 6.29. The molecule has 0 aliphatic heterocycles. The van der Waals surface area contributed by atoms with E-state index in [1.807, 2.05) is 0 Å². The van der Waals surface area contributed by atoms with Crippen molar-refractivity contribution in [3.8, 4) is 22.3 Å². The van der Waals surface area contributed by atoms with E-state index in [9.17, 15) is 0 Å². The van der Waals surface area contributed by atoms with E-state index in [0.717, 1.165) is 17.1 Å². The summed E-state index contributed by atoms with van der Waals surface area (Å²) in [5.74, 6) is 0. The second-order valence-corrected chi connectivity index (χ2v) is 9.00. The predicted molar refractivity (Wildman–Crippen MR) is 146 cm³/mol.